The number of halogens is 2. The SMILES string of the molecule is CC(Oc1ccc(Cl)c(F)c1)C(=O)NC(N)=O. The average molecular weight is 261 g/mol. The van der Waals surface area contributed by atoms with Crippen LogP contribution in [0.5, 0.6) is 5.75 Å². The van der Waals surface area contributed by atoms with Crippen LogP contribution in [-0.2, 0) is 4.79 Å². The molecule has 1 rings (SSSR count). The van der Waals surface area contributed by atoms with Crippen LogP contribution >= 0.6 is 11.6 Å². The summed E-state index contributed by atoms with van der Waals surface area (Å²) in [5.74, 6) is -1.25. The van der Waals surface area contributed by atoms with Crippen molar-refractivity contribution < 1.29 is 18.7 Å². The van der Waals surface area contributed by atoms with E-state index in [0.29, 0.717) is 0 Å². The normalized spacial score (nSPS) is 11.7. The van der Waals surface area contributed by atoms with Crippen LogP contribution in [0.3, 0.4) is 0 Å². The van der Waals surface area contributed by atoms with E-state index in [0.717, 1.165) is 6.07 Å². The minimum atomic E-state index is -0.983. The zero-order chi connectivity index (χ0) is 13.0. The third kappa shape index (κ3) is 3.92. The maximum atomic E-state index is 13.1. The molecule has 0 heterocycles. The molecule has 0 aliphatic carbocycles. The number of ether oxygens (including phenoxy) is 1. The maximum absolute atomic E-state index is 13.1. The Morgan fingerprint density at radius 1 is 1.53 bits per heavy atom. The van der Waals surface area contributed by atoms with E-state index in [9.17, 15) is 14.0 Å². The Balaban J connectivity index is 2.67. The number of primary amides is 1. The van der Waals surface area contributed by atoms with Gasteiger partial charge in [0.1, 0.15) is 11.6 Å². The van der Waals surface area contributed by atoms with Gasteiger partial charge < -0.3 is 10.5 Å². The van der Waals surface area contributed by atoms with Gasteiger partial charge in [-0.2, -0.15) is 0 Å². The Bertz CT molecular complexity index is 453. The molecule has 0 aliphatic rings. The summed E-state index contributed by atoms with van der Waals surface area (Å²) in [6.07, 6.45) is -0.983. The Morgan fingerprint density at radius 3 is 2.71 bits per heavy atom. The Hall–Kier alpha value is -1.82. The fourth-order valence-corrected chi connectivity index (χ4v) is 1.15. The summed E-state index contributed by atoms with van der Waals surface area (Å²) in [6.45, 7) is 1.39. The highest BCUT2D eigenvalue weighted by Gasteiger charge is 2.16. The van der Waals surface area contributed by atoms with Crippen LogP contribution in [0.2, 0.25) is 5.02 Å². The maximum Gasteiger partial charge on any atom is 0.318 e. The van der Waals surface area contributed by atoms with Gasteiger partial charge in [-0.25, -0.2) is 9.18 Å². The summed E-state index contributed by atoms with van der Waals surface area (Å²) >= 11 is 5.48. The molecule has 92 valence electrons. The van der Waals surface area contributed by atoms with Crippen LogP contribution in [0, 0.1) is 5.82 Å². The first-order chi connectivity index (χ1) is 7.90. The van der Waals surface area contributed by atoms with E-state index in [1.807, 2.05) is 5.32 Å². The summed E-state index contributed by atoms with van der Waals surface area (Å²) in [4.78, 5) is 21.7. The molecule has 3 amide bonds. The number of nitrogens with two attached hydrogens (primary N) is 1. The fraction of sp³-hybridized carbons (Fsp3) is 0.200. The topological polar surface area (TPSA) is 81.4 Å². The number of hydrogen-bond acceptors (Lipinski definition) is 3. The largest absolute Gasteiger partial charge is 0.481 e. The van der Waals surface area contributed by atoms with E-state index in [1.54, 1.807) is 0 Å². The quantitative estimate of drug-likeness (QED) is 0.863. The lowest BCUT2D eigenvalue weighted by atomic mass is 10.3. The van der Waals surface area contributed by atoms with Crippen molar-refractivity contribution in [3.05, 3.63) is 29.0 Å². The lowest BCUT2D eigenvalue weighted by Crippen LogP contribution is -2.42. The van der Waals surface area contributed by atoms with Gasteiger partial charge in [0.15, 0.2) is 6.10 Å². The summed E-state index contributed by atoms with van der Waals surface area (Å²) in [6, 6.07) is 2.76. The monoisotopic (exact) mass is 260 g/mol. The molecule has 1 aromatic carbocycles. The van der Waals surface area contributed by atoms with Crippen LogP contribution in [0.15, 0.2) is 18.2 Å². The molecule has 17 heavy (non-hydrogen) atoms. The summed E-state index contributed by atoms with van der Waals surface area (Å²) in [7, 11) is 0. The van der Waals surface area contributed by atoms with Gasteiger partial charge in [-0.3, -0.25) is 10.1 Å². The Labute approximate surface area is 102 Å². The fourth-order valence-electron chi connectivity index (χ4n) is 1.03. The van der Waals surface area contributed by atoms with E-state index < -0.39 is 23.9 Å². The van der Waals surface area contributed by atoms with Crippen molar-refractivity contribution in [1.29, 1.82) is 0 Å². The molecule has 1 aromatic rings. The predicted molar refractivity (Wildman–Crippen MR) is 59.2 cm³/mol. The van der Waals surface area contributed by atoms with Crippen LogP contribution in [0.25, 0.3) is 0 Å². The molecule has 0 bridgehead atoms. The van der Waals surface area contributed by atoms with Crippen molar-refractivity contribution in [1.82, 2.24) is 5.32 Å². The number of carbonyl (C=O) groups is 2. The molecule has 0 radical (unpaired) electrons. The number of hydrogen-bond donors (Lipinski definition) is 2. The van der Waals surface area contributed by atoms with Crippen molar-refractivity contribution >= 4 is 23.5 Å². The molecule has 0 saturated carbocycles. The van der Waals surface area contributed by atoms with Crippen molar-refractivity contribution in [2.24, 2.45) is 5.73 Å². The van der Waals surface area contributed by atoms with E-state index in [1.165, 1.54) is 19.1 Å². The van der Waals surface area contributed by atoms with Gasteiger partial charge in [0.25, 0.3) is 5.91 Å². The van der Waals surface area contributed by atoms with E-state index in [-0.39, 0.29) is 10.8 Å². The van der Waals surface area contributed by atoms with Gasteiger partial charge in [0.2, 0.25) is 0 Å². The van der Waals surface area contributed by atoms with Gasteiger partial charge in [0.05, 0.1) is 5.02 Å². The number of benzene rings is 1. The number of amides is 3. The molecule has 3 N–H and O–H groups in total. The molecule has 0 saturated heterocycles. The van der Waals surface area contributed by atoms with Gasteiger partial charge >= 0.3 is 6.03 Å². The Morgan fingerprint density at radius 2 is 2.18 bits per heavy atom. The Kier molecular flexibility index (Phi) is 4.28. The van der Waals surface area contributed by atoms with Crippen molar-refractivity contribution in [2.75, 3.05) is 0 Å². The minimum Gasteiger partial charge on any atom is -0.481 e. The van der Waals surface area contributed by atoms with Crippen LogP contribution in [-0.4, -0.2) is 18.0 Å². The van der Waals surface area contributed by atoms with E-state index in [2.05, 4.69) is 0 Å². The molecule has 5 nitrogen and oxygen atoms in total. The molecule has 0 spiro atoms. The standard InChI is InChI=1S/C10H10ClFN2O3/c1-5(9(15)14-10(13)16)17-6-2-3-7(11)8(12)4-6/h2-5H,1H3,(H3,13,14,15,16). The summed E-state index contributed by atoms with van der Waals surface area (Å²) in [5.41, 5.74) is 4.76. The number of nitrogens with one attached hydrogen (secondary N) is 1. The number of carbonyl (C=O) groups excluding carboxylic acids is 2. The number of rotatable bonds is 3. The van der Waals surface area contributed by atoms with Gasteiger partial charge in [-0.15, -0.1) is 0 Å². The first kappa shape index (κ1) is 13.2. The second-order valence-corrected chi connectivity index (χ2v) is 3.60. The predicted octanol–water partition coefficient (Wildman–Crippen LogP) is 1.44. The van der Waals surface area contributed by atoms with Crippen LogP contribution in [0.4, 0.5) is 9.18 Å². The highest BCUT2D eigenvalue weighted by atomic mass is 35.5. The average Bonchev–Trinajstić information content (AvgIpc) is 2.22. The van der Waals surface area contributed by atoms with Gasteiger partial charge in [-0.1, -0.05) is 11.6 Å². The number of urea groups is 1. The third-order valence-electron chi connectivity index (χ3n) is 1.82. The van der Waals surface area contributed by atoms with Crippen molar-refractivity contribution in [3.8, 4) is 5.75 Å². The van der Waals surface area contributed by atoms with E-state index >= 15 is 0 Å². The molecule has 0 aliphatic heterocycles. The van der Waals surface area contributed by atoms with Crippen LogP contribution < -0.4 is 15.8 Å². The molecular weight excluding hydrogens is 251 g/mol. The van der Waals surface area contributed by atoms with E-state index in [4.69, 9.17) is 22.1 Å². The summed E-state index contributed by atoms with van der Waals surface area (Å²) < 4.78 is 18.1. The smallest absolute Gasteiger partial charge is 0.318 e. The minimum absolute atomic E-state index is 0.0495. The lowest BCUT2D eigenvalue weighted by Gasteiger charge is -2.13. The first-order valence-corrected chi connectivity index (χ1v) is 5.00. The highest BCUT2D eigenvalue weighted by molar-refractivity contribution is 6.30. The lowest BCUT2D eigenvalue weighted by molar-refractivity contribution is -0.126. The van der Waals surface area contributed by atoms with Crippen molar-refractivity contribution in [2.45, 2.75) is 13.0 Å². The second-order valence-electron chi connectivity index (χ2n) is 3.19. The van der Waals surface area contributed by atoms with Gasteiger partial charge in [-0.05, 0) is 19.1 Å². The third-order valence-corrected chi connectivity index (χ3v) is 2.13. The zero-order valence-corrected chi connectivity index (χ0v) is 9.62. The van der Waals surface area contributed by atoms with Gasteiger partial charge in [0, 0.05) is 6.07 Å². The first-order valence-electron chi connectivity index (χ1n) is 4.62. The molecule has 1 unspecified atom stereocenters. The molecular formula is C10H10ClFN2O3. The molecule has 7 heteroatoms. The zero-order valence-electron chi connectivity index (χ0n) is 8.87. The van der Waals surface area contributed by atoms with Crippen LogP contribution in [0.1, 0.15) is 6.92 Å². The molecule has 0 aromatic heterocycles. The molecule has 0 fully saturated rings. The summed E-state index contributed by atoms with van der Waals surface area (Å²) in [5, 5.41) is 1.79. The second kappa shape index (κ2) is 5.49. The highest BCUT2D eigenvalue weighted by Crippen LogP contribution is 2.21. The number of imide groups is 1. The van der Waals surface area contributed by atoms with Crippen molar-refractivity contribution in [3.63, 3.8) is 0 Å². The molecule has 1 atom stereocenters.